The van der Waals surface area contributed by atoms with E-state index in [1.807, 2.05) is 0 Å². The number of nitrogens with zero attached hydrogens (tertiary/aromatic N) is 2. The summed E-state index contributed by atoms with van der Waals surface area (Å²) in [4.78, 5) is 7.87. The summed E-state index contributed by atoms with van der Waals surface area (Å²) >= 11 is 0. The number of alkyl halides is 3. The lowest BCUT2D eigenvalue weighted by Gasteiger charge is -2.22. The summed E-state index contributed by atoms with van der Waals surface area (Å²) in [5.74, 6) is -3.93. The Morgan fingerprint density at radius 3 is 2.26 bits per heavy atom. The van der Waals surface area contributed by atoms with Crippen LogP contribution in [0.3, 0.4) is 0 Å². The van der Waals surface area contributed by atoms with Gasteiger partial charge in [0.1, 0.15) is 0 Å². The zero-order valence-corrected chi connectivity index (χ0v) is 11.5. The summed E-state index contributed by atoms with van der Waals surface area (Å²) in [5, 5.41) is 12.7. The third-order valence-electron chi connectivity index (χ3n) is 3.39. The fourth-order valence-corrected chi connectivity index (χ4v) is 2.13. The van der Waals surface area contributed by atoms with E-state index in [1.54, 1.807) is 18.2 Å². The van der Waals surface area contributed by atoms with Gasteiger partial charge in [-0.2, -0.15) is 17.6 Å². The Kier molecular flexibility index (Phi) is 3.56. The van der Waals surface area contributed by atoms with E-state index in [0.717, 1.165) is 0 Å². The number of rotatable bonds is 2. The fraction of sp³-hybridized carbons (Fsp3) is 0.200. The molecule has 4 nitrogen and oxygen atoms in total. The second-order valence-corrected chi connectivity index (χ2v) is 5.01. The van der Waals surface area contributed by atoms with Crippen LogP contribution >= 0.6 is 0 Å². The molecule has 2 aromatic rings. The van der Waals surface area contributed by atoms with E-state index in [2.05, 4.69) is 15.0 Å². The van der Waals surface area contributed by atoms with E-state index in [0.29, 0.717) is 16.8 Å². The van der Waals surface area contributed by atoms with E-state index in [4.69, 9.17) is 0 Å². The number of hydrogen-bond donors (Lipinski definition) is 1. The normalized spacial score (nSPS) is 21.0. The molecule has 0 radical (unpaired) electrons. The molecule has 1 aromatic heterocycles. The van der Waals surface area contributed by atoms with Gasteiger partial charge in [0.15, 0.2) is 0 Å². The molecule has 1 atom stereocenters. The van der Waals surface area contributed by atoms with Crippen molar-refractivity contribution in [1.29, 1.82) is 0 Å². The second-order valence-electron chi connectivity index (χ2n) is 5.01. The van der Waals surface area contributed by atoms with Crippen molar-refractivity contribution in [3.63, 3.8) is 0 Å². The molecule has 23 heavy (non-hydrogen) atoms. The maximum absolute atomic E-state index is 13.1. The summed E-state index contributed by atoms with van der Waals surface area (Å²) in [5.41, 5.74) is 1.33. The molecule has 1 aromatic carbocycles. The highest BCUT2D eigenvalue weighted by Crippen LogP contribution is 2.39. The first-order valence-corrected chi connectivity index (χ1v) is 6.56. The molecule has 0 bridgehead atoms. The zero-order chi connectivity index (χ0) is 16.7. The van der Waals surface area contributed by atoms with Gasteiger partial charge in [-0.15, -0.1) is 0 Å². The van der Waals surface area contributed by atoms with Crippen LogP contribution in [0.1, 0.15) is 12.0 Å². The van der Waals surface area contributed by atoms with Gasteiger partial charge in [-0.3, -0.25) is 0 Å². The van der Waals surface area contributed by atoms with E-state index in [9.17, 15) is 22.7 Å². The first kappa shape index (κ1) is 15.4. The highest BCUT2D eigenvalue weighted by atomic mass is 19.4. The maximum atomic E-state index is 13.1. The number of aliphatic hydroxyl groups is 1. The van der Waals surface area contributed by atoms with Gasteiger partial charge in [0.2, 0.25) is 5.95 Å². The molecule has 2 heterocycles. The molecule has 0 spiro atoms. The third kappa shape index (κ3) is 2.89. The average Bonchev–Trinajstić information content (AvgIpc) is 2.91. The molecular weight excluding hydrogens is 316 g/mol. The predicted octanol–water partition coefficient (Wildman–Crippen LogP) is 3.26. The van der Waals surface area contributed by atoms with E-state index in [1.165, 1.54) is 24.3 Å². The Bertz CT molecular complexity index is 759. The van der Waals surface area contributed by atoms with Crippen molar-refractivity contribution in [1.82, 2.24) is 4.98 Å². The SMILES string of the molecule is OC1(C(F)(F)F)CC(c2ccc(-c3cccc(F)n3)cc2)=NO1. The smallest absolute Gasteiger partial charge is 0.350 e. The number of benzene rings is 1. The predicted molar refractivity (Wildman–Crippen MR) is 72.9 cm³/mol. The van der Waals surface area contributed by atoms with E-state index in [-0.39, 0.29) is 5.71 Å². The average molecular weight is 326 g/mol. The Hall–Kier alpha value is -2.48. The highest BCUT2D eigenvalue weighted by Gasteiger charge is 2.60. The first-order valence-electron chi connectivity index (χ1n) is 6.56. The molecule has 0 saturated carbocycles. The van der Waals surface area contributed by atoms with Gasteiger partial charge in [0.25, 0.3) is 0 Å². The molecule has 1 unspecified atom stereocenters. The first-order chi connectivity index (χ1) is 10.8. The van der Waals surface area contributed by atoms with E-state index < -0.39 is 24.3 Å². The summed E-state index contributed by atoms with van der Waals surface area (Å²) in [6, 6.07) is 10.5. The molecule has 0 aliphatic carbocycles. The van der Waals surface area contributed by atoms with Crippen molar-refractivity contribution in [3.05, 3.63) is 54.0 Å². The molecule has 0 saturated heterocycles. The summed E-state index contributed by atoms with van der Waals surface area (Å²) in [7, 11) is 0. The van der Waals surface area contributed by atoms with Crippen molar-refractivity contribution in [2.24, 2.45) is 5.16 Å². The summed E-state index contributed by atoms with van der Waals surface area (Å²) in [6.45, 7) is 0. The van der Waals surface area contributed by atoms with Gasteiger partial charge >= 0.3 is 12.0 Å². The van der Waals surface area contributed by atoms with Crippen LogP contribution in [0, 0.1) is 5.95 Å². The van der Waals surface area contributed by atoms with E-state index >= 15 is 0 Å². The third-order valence-corrected chi connectivity index (χ3v) is 3.39. The van der Waals surface area contributed by atoms with Crippen molar-refractivity contribution in [3.8, 4) is 11.3 Å². The van der Waals surface area contributed by atoms with Crippen LogP contribution in [0.15, 0.2) is 47.6 Å². The molecule has 3 rings (SSSR count). The summed E-state index contributed by atoms with van der Waals surface area (Å²) < 4.78 is 51.1. The highest BCUT2D eigenvalue weighted by molar-refractivity contribution is 6.01. The molecule has 1 N–H and O–H groups in total. The number of pyridine rings is 1. The van der Waals surface area contributed by atoms with Crippen molar-refractivity contribution < 1.29 is 27.5 Å². The molecule has 1 aliphatic heterocycles. The van der Waals surface area contributed by atoms with Crippen molar-refractivity contribution in [2.75, 3.05) is 0 Å². The molecular formula is C15H10F4N2O2. The fourth-order valence-electron chi connectivity index (χ4n) is 2.13. The minimum absolute atomic E-state index is 0.0245. The Labute approximate surface area is 128 Å². The minimum Gasteiger partial charge on any atom is -0.350 e. The molecule has 0 fully saturated rings. The van der Waals surface area contributed by atoms with Gasteiger partial charge in [0.05, 0.1) is 17.8 Å². The topological polar surface area (TPSA) is 54.7 Å². The van der Waals surface area contributed by atoms with Crippen LogP contribution in [0.2, 0.25) is 0 Å². The van der Waals surface area contributed by atoms with Crippen molar-refractivity contribution >= 4 is 5.71 Å². The Balaban J connectivity index is 1.82. The number of halogens is 4. The monoisotopic (exact) mass is 326 g/mol. The van der Waals surface area contributed by atoms with Gasteiger partial charge in [-0.05, 0) is 17.7 Å². The molecule has 1 aliphatic rings. The number of oxime groups is 1. The molecule has 8 heteroatoms. The quantitative estimate of drug-likeness (QED) is 0.681. The minimum atomic E-state index is -4.94. The molecule has 0 amide bonds. The van der Waals surface area contributed by atoms with Crippen LogP contribution in [-0.4, -0.2) is 27.8 Å². The zero-order valence-electron chi connectivity index (χ0n) is 11.5. The second kappa shape index (κ2) is 5.31. The van der Waals surface area contributed by atoms with Crippen LogP contribution in [0.5, 0.6) is 0 Å². The largest absolute Gasteiger partial charge is 0.458 e. The number of hydrogen-bond acceptors (Lipinski definition) is 4. The van der Waals surface area contributed by atoms with Crippen molar-refractivity contribution in [2.45, 2.75) is 18.4 Å². The molecule has 120 valence electrons. The summed E-state index contributed by atoms with van der Waals surface area (Å²) in [6.07, 6.45) is -5.74. The Morgan fingerprint density at radius 1 is 1.04 bits per heavy atom. The standard InChI is InChI=1S/C15H10F4N2O2/c16-13-3-1-2-11(20-13)9-4-6-10(7-5-9)12-8-14(22,23-21-12)15(17,18)19/h1-7,22H,8H2. The Morgan fingerprint density at radius 2 is 1.70 bits per heavy atom. The lowest BCUT2D eigenvalue weighted by atomic mass is 10.0. The lowest BCUT2D eigenvalue weighted by molar-refractivity contribution is -0.355. The van der Waals surface area contributed by atoms with Crippen LogP contribution < -0.4 is 0 Å². The lowest BCUT2D eigenvalue weighted by Crippen LogP contribution is -2.45. The van der Waals surface area contributed by atoms with Crippen LogP contribution in [0.25, 0.3) is 11.3 Å². The van der Waals surface area contributed by atoms with Crippen LogP contribution in [-0.2, 0) is 4.84 Å². The maximum Gasteiger partial charge on any atom is 0.458 e. The van der Waals surface area contributed by atoms with Crippen LogP contribution in [0.4, 0.5) is 17.6 Å². The van der Waals surface area contributed by atoms with Gasteiger partial charge < -0.3 is 9.94 Å². The van der Waals surface area contributed by atoms with Gasteiger partial charge in [-0.1, -0.05) is 35.5 Å². The van der Waals surface area contributed by atoms with Gasteiger partial charge in [-0.25, -0.2) is 4.98 Å². The van der Waals surface area contributed by atoms with Gasteiger partial charge in [0, 0.05) is 5.56 Å². The number of aromatic nitrogens is 1.